The first kappa shape index (κ1) is 24.7. The summed E-state index contributed by atoms with van der Waals surface area (Å²) in [5.41, 5.74) is 4.27. The number of primary amides is 1. The van der Waals surface area contributed by atoms with Crippen molar-refractivity contribution in [2.24, 2.45) is 29.4 Å². The number of aliphatic hydroxyl groups is 1. The highest BCUT2D eigenvalue weighted by molar-refractivity contribution is 5.88. The fourth-order valence-corrected chi connectivity index (χ4v) is 6.65. The zero-order valence-electron chi connectivity index (χ0n) is 19.3. The van der Waals surface area contributed by atoms with Crippen molar-refractivity contribution in [3.8, 4) is 5.75 Å². The molecule has 0 radical (unpaired) electrons. The van der Waals surface area contributed by atoms with Gasteiger partial charge in [0.05, 0.1) is 17.8 Å². The maximum absolute atomic E-state index is 13.7. The van der Waals surface area contributed by atoms with Crippen LogP contribution in [0.2, 0.25) is 0 Å². The van der Waals surface area contributed by atoms with Crippen molar-refractivity contribution in [1.29, 1.82) is 0 Å². The number of amides is 2. The molecule has 1 aromatic carbocycles. The lowest BCUT2D eigenvalue weighted by Crippen LogP contribution is -2.50. The van der Waals surface area contributed by atoms with E-state index in [1.54, 1.807) is 4.90 Å². The Kier molecular flexibility index (Phi) is 7.31. The number of likely N-dealkylation sites (tertiary alicyclic amines) is 1. The van der Waals surface area contributed by atoms with E-state index < -0.39 is 29.2 Å². The number of carbonyl (C=O) groups excluding carboxylic acids is 1. The first-order valence-corrected chi connectivity index (χ1v) is 12.2. The average Bonchev–Trinajstić information content (AvgIpc) is 2.75. The number of nitrogens with zero attached hydrogens (tertiary/aromatic N) is 1. The highest BCUT2D eigenvalue weighted by Gasteiger charge is 2.49. The molecule has 1 aliphatic heterocycles. The third-order valence-electron chi connectivity index (χ3n) is 7.99. The largest absolute Gasteiger partial charge is 0.490 e. The van der Waals surface area contributed by atoms with Gasteiger partial charge in [0.15, 0.2) is 11.6 Å². The third-order valence-corrected chi connectivity index (χ3v) is 7.99. The number of ether oxygens (including phenoxy) is 1. The first-order valence-electron chi connectivity index (χ1n) is 12.2. The van der Waals surface area contributed by atoms with Crippen molar-refractivity contribution in [3.05, 3.63) is 29.3 Å². The van der Waals surface area contributed by atoms with Gasteiger partial charge in [-0.2, -0.15) is 4.39 Å². The molecule has 6 rings (SSSR count). The standard InChI is InChI=1S/C15H18F2N2O4.C10H16O/c16-12-10(14(20)21)1-2-11(13(12)17)23-8-5-9-3-6-19(7-4-9)15(18)22;11-10-4-7-1-8(5-10)3-9(2-7)6-10/h1-2,9H,3-8H2,(H2,18,22)(H,20,21);7-9,11H,1-6H2. The number of nitrogens with two attached hydrogens (primary N) is 1. The molecular weight excluding hydrogens is 446 g/mol. The monoisotopic (exact) mass is 480 g/mol. The summed E-state index contributed by atoms with van der Waals surface area (Å²) in [6, 6.07) is 1.65. The second-order valence-electron chi connectivity index (χ2n) is 10.6. The zero-order valence-corrected chi connectivity index (χ0v) is 19.3. The summed E-state index contributed by atoms with van der Waals surface area (Å²) in [6.07, 6.45) is 9.85. The van der Waals surface area contributed by atoms with Crippen LogP contribution >= 0.6 is 0 Å². The van der Waals surface area contributed by atoms with Gasteiger partial charge in [-0.25, -0.2) is 14.0 Å². The van der Waals surface area contributed by atoms with Crippen molar-refractivity contribution in [2.45, 2.75) is 63.4 Å². The minimum absolute atomic E-state index is 0.185. The first-order chi connectivity index (χ1) is 16.1. The van der Waals surface area contributed by atoms with E-state index in [9.17, 15) is 23.5 Å². The van der Waals surface area contributed by atoms with Gasteiger partial charge in [-0.15, -0.1) is 0 Å². The van der Waals surface area contributed by atoms with Gasteiger partial charge in [-0.05, 0) is 93.6 Å². The maximum atomic E-state index is 13.7. The number of aromatic carboxylic acids is 1. The number of carboxylic acid groups (broad SMARTS) is 1. The highest BCUT2D eigenvalue weighted by Crippen LogP contribution is 2.55. The topological polar surface area (TPSA) is 113 Å². The lowest BCUT2D eigenvalue weighted by atomic mass is 9.54. The van der Waals surface area contributed by atoms with Crippen LogP contribution in [-0.2, 0) is 0 Å². The Morgan fingerprint density at radius 2 is 1.59 bits per heavy atom. The molecule has 5 fully saturated rings. The van der Waals surface area contributed by atoms with Gasteiger partial charge in [0.2, 0.25) is 5.82 Å². The lowest BCUT2D eigenvalue weighted by Gasteiger charge is -2.54. The molecule has 4 bridgehead atoms. The number of halogens is 2. The number of benzene rings is 1. The van der Waals surface area contributed by atoms with Crippen LogP contribution < -0.4 is 10.5 Å². The van der Waals surface area contributed by atoms with Crippen LogP contribution in [0.15, 0.2) is 12.1 Å². The molecule has 34 heavy (non-hydrogen) atoms. The van der Waals surface area contributed by atoms with Crippen LogP contribution in [0.3, 0.4) is 0 Å². The van der Waals surface area contributed by atoms with Gasteiger partial charge >= 0.3 is 12.0 Å². The molecule has 7 nitrogen and oxygen atoms in total. The zero-order chi connectivity index (χ0) is 24.5. The van der Waals surface area contributed by atoms with E-state index in [-0.39, 0.29) is 18.0 Å². The van der Waals surface area contributed by atoms with Gasteiger partial charge < -0.3 is 25.6 Å². The summed E-state index contributed by atoms with van der Waals surface area (Å²) in [5, 5.41) is 18.8. The average molecular weight is 481 g/mol. The molecule has 9 heteroatoms. The molecule has 0 unspecified atom stereocenters. The molecular formula is C25H34F2N2O5. The van der Waals surface area contributed by atoms with Gasteiger partial charge in [-0.1, -0.05) is 0 Å². The normalized spacial score (nSPS) is 30.0. The highest BCUT2D eigenvalue weighted by atomic mass is 19.2. The number of rotatable bonds is 5. The predicted octanol–water partition coefficient (Wildman–Crippen LogP) is 4.17. The Bertz CT molecular complexity index is 882. The van der Waals surface area contributed by atoms with E-state index in [0.717, 1.165) is 62.0 Å². The van der Waals surface area contributed by atoms with Crippen molar-refractivity contribution in [2.75, 3.05) is 19.7 Å². The Morgan fingerprint density at radius 1 is 1.03 bits per heavy atom. The van der Waals surface area contributed by atoms with E-state index in [0.29, 0.717) is 25.4 Å². The third kappa shape index (κ3) is 5.62. The Hall–Kier alpha value is -2.42. The number of carboxylic acids is 1. The van der Waals surface area contributed by atoms with E-state index >= 15 is 0 Å². The molecule has 4 aliphatic carbocycles. The van der Waals surface area contributed by atoms with Crippen LogP contribution in [-0.4, -0.2) is 52.4 Å². The Morgan fingerprint density at radius 3 is 2.06 bits per heavy atom. The van der Waals surface area contributed by atoms with Gasteiger partial charge in [0.25, 0.3) is 0 Å². The quantitative estimate of drug-likeness (QED) is 0.585. The second kappa shape index (κ2) is 10.1. The van der Waals surface area contributed by atoms with E-state index in [2.05, 4.69) is 0 Å². The summed E-state index contributed by atoms with van der Waals surface area (Å²) in [6.45, 7) is 1.34. The molecule has 188 valence electrons. The summed E-state index contributed by atoms with van der Waals surface area (Å²) >= 11 is 0. The summed E-state index contributed by atoms with van der Waals surface area (Å²) in [7, 11) is 0. The second-order valence-corrected chi connectivity index (χ2v) is 10.6. The van der Waals surface area contributed by atoms with Gasteiger partial charge in [0, 0.05) is 13.1 Å². The Balaban J connectivity index is 0.000000203. The van der Waals surface area contributed by atoms with Crippen LogP contribution in [0.4, 0.5) is 13.6 Å². The van der Waals surface area contributed by atoms with Crippen molar-refractivity contribution in [3.63, 3.8) is 0 Å². The lowest BCUT2D eigenvalue weighted by molar-refractivity contribution is -0.124. The van der Waals surface area contributed by atoms with E-state index in [1.165, 1.54) is 19.3 Å². The van der Waals surface area contributed by atoms with Crippen LogP contribution in [0, 0.1) is 35.3 Å². The molecule has 4 saturated carbocycles. The minimum atomic E-state index is -1.53. The van der Waals surface area contributed by atoms with Crippen LogP contribution in [0.5, 0.6) is 5.75 Å². The van der Waals surface area contributed by atoms with Crippen molar-refractivity contribution in [1.82, 2.24) is 4.90 Å². The summed E-state index contributed by atoms with van der Waals surface area (Å²) in [5.74, 6) is -1.56. The van der Waals surface area contributed by atoms with Crippen molar-refractivity contribution >= 4 is 12.0 Å². The molecule has 0 atom stereocenters. The van der Waals surface area contributed by atoms with Crippen LogP contribution in [0.1, 0.15) is 68.1 Å². The fraction of sp³-hybridized carbons (Fsp3) is 0.680. The summed E-state index contributed by atoms with van der Waals surface area (Å²) < 4.78 is 32.5. The molecule has 5 aliphatic rings. The summed E-state index contributed by atoms with van der Waals surface area (Å²) in [4.78, 5) is 23.3. The molecule has 1 heterocycles. The number of hydrogen-bond donors (Lipinski definition) is 3. The van der Waals surface area contributed by atoms with Crippen molar-refractivity contribution < 1.29 is 33.3 Å². The SMILES string of the molecule is NC(=O)N1CCC(CCOc2ccc(C(=O)O)c(F)c2F)CC1.OC12CC3CC(CC(C3)C1)C2. The predicted molar refractivity (Wildman–Crippen MR) is 120 cm³/mol. The molecule has 4 N–H and O–H groups in total. The number of carbonyl (C=O) groups is 2. The number of hydrogen-bond acceptors (Lipinski definition) is 4. The van der Waals surface area contributed by atoms with Gasteiger partial charge in [0.1, 0.15) is 0 Å². The smallest absolute Gasteiger partial charge is 0.338 e. The molecule has 1 aromatic rings. The Labute approximate surface area is 198 Å². The van der Waals surface area contributed by atoms with Crippen LogP contribution in [0.25, 0.3) is 0 Å². The molecule has 1 saturated heterocycles. The fourth-order valence-electron chi connectivity index (χ4n) is 6.65. The molecule has 2 amide bonds. The van der Waals surface area contributed by atoms with Gasteiger partial charge in [-0.3, -0.25) is 0 Å². The van der Waals surface area contributed by atoms with E-state index in [1.807, 2.05) is 0 Å². The minimum Gasteiger partial charge on any atom is -0.490 e. The molecule has 0 aromatic heterocycles. The number of piperidine rings is 1. The number of urea groups is 1. The van der Waals surface area contributed by atoms with E-state index in [4.69, 9.17) is 15.6 Å². The molecule has 0 spiro atoms. The maximum Gasteiger partial charge on any atom is 0.338 e.